The Morgan fingerprint density at radius 2 is 1.82 bits per heavy atom. The normalized spacial score (nSPS) is 17.8. The van der Waals surface area contributed by atoms with Crippen LogP contribution in [0.1, 0.15) is 62.9 Å². The Labute approximate surface area is 163 Å². The van der Waals surface area contributed by atoms with Gasteiger partial charge in [0.1, 0.15) is 5.82 Å². The summed E-state index contributed by atoms with van der Waals surface area (Å²) in [4.78, 5) is 12.5. The standard InChI is InChI=1S/C21H28F3N3O/c1-20(2)11-8-15(9-12-20)10-13-27-18(25-26(3)19(27)28)14-16-6-4-5-7-17(16)21(22,23)24/h4-7,15H,8-14H2,1-3H3. The molecule has 0 N–H and O–H groups in total. The summed E-state index contributed by atoms with van der Waals surface area (Å²) < 4.78 is 42.7. The van der Waals surface area contributed by atoms with Crippen LogP contribution in [0, 0.1) is 11.3 Å². The Hall–Kier alpha value is -2.05. The molecule has 0 radical (unpaired) electrons. The Kier molecular flexibility index (Phi) is 5.73. The van der Waals surface area contributed by atoms with Gasteiger partial charge in [0.05, 0.1) is 5.56 Å². The Morgan fingerprint density at radius 1 is 1.18 bits per heavy atom. The molecule has 1 saturated carbocycles. The lowest BCUT2D eigenvalue weighted by atomic mass is 9.72. The Balaban J connectivity index is 1.78. The van der Waals surface area contributed by atoms with Crippen LogP contribution in [0.25, 0.3) is 0 Å². The third kappa shape index (κ3) is 4.67. The number of rotatable bonds is 5. The van der Waals surface area contributed by atoms with Crippen LogP contribution in [0.2, 0.25) is 0 Å². The van der Waals surface area contributed by atoms with E-state index in [9.17, 15) is 18.0 Å². The van der Waals surface area contributed by atoms with E-state index in [1.54, 1.807) is 17.7 Å². The van der Waals surface area contributed by atoms with E-state index in [0.717, 1.165) is 25.3 Å². The fourth-order valence-electron chi connectivity index (χ4n) is 4.09. The molecule has 0 atom stereocenters. The zero-order valence-electron chi connectivity index (χ0n) is 16.7. The lowest BCUT2D eigenvalue weighted by Gasteiger charge is -2.34. The first-order chi connectivity index (χ1) is 13.1. The van der Waals surface area contributed by atoms with Crippen LogP contribution in [-0.2, 0) is 26.2 Å². The molecule has 1 fully saturated rings. The molecule has 1 aliphatic carbocycles. The summed E-state index contributed by atoms with van der Waals surface area (Å²) in [5.41, 5.74) is -0.417. The molecule has 0 unspecified atom stereocenters. The van der Waals surface area contributed by atoms with Crippen LogP contribution in [-0.4, -0.2) is 14.3 Å². The van der Waals surface area contributed by atoms with Crippen molar-refractivity contribution in [3.05, 3.63) is 51.7 Å². The van der Waals surface area contributed by atoms with Crippen molar-refractivity contribution in [3.63, 3.8) is 0 Å². The monoisotopic (exact) mass is 395 g/mol. The minimum atomic E-state index is -4.43. The molecule has 0 bridgehead atoms. The summed E-state index contributed by atoms with van der Waals surface area (Å²) in [6.45, 7) is 5.07. The molecule has 4 nitrogen and oxygen atoms in total. The van der Waals surface area contributed by atoms with Gasteiger partial charge in [-0.1, -0.05) is 32.0 Å². The van der Waals surface area contributed by atoms with Crippen molar-refractivity contribution in [2.75, 3.05) is 0 Å². The summed E-state index contributed by atoms with van der Waals surface area (Å²) in [5.74, 6) is 0.941. The van der Waals surface area contributed by atoms with E-state index < -0.39 is 11.7 Å². The van der Waals surface area contributed by atoms with E-state index in [0.29, 0.717) is 23.7 Å². The van der Waals surface area contributed by atoms with E-state index in [1.807, 2.05) is 0 Å². The van der Waals surface area contributed by atoms with E-state index in [2.05, 4.69) is 18.9 Å². The number of alkyl halides is 3. The molecule has 1 aromatic heterocycles. The van der Waals surface area contributed by atoms with Gasteiger partial charge in [0.2, 0.25) is 0 Å². The fourth-order valence-corrected chi connectivity index (χ4v) is 4.09. The maximum atomic E-state index is 13.3. The van der Waals surface area contributed by atoms with Crippen LogP contribution < -0.4 is 5.69 Å². The third-order valence-electron chi connectivity index (χ3n) is 5.98. The average Bonchev–Trinajstić information content (AvgIpc) is 2.87. The molecule has 28 heavy (non-hydrogen) atoms. The highest BCUT2D eigenvalue weighted by Crippen LogP contribution is 2.39. The van der Waals surface area contributed by atoms with Gasteiger partial charge in [-0.05, 0) is 55.1 Å². The molecule has 0 aliphatic heterocycles. The smallest absolute Gasteiger partial charge is 0.279 e. The van der Waals surface area contributed by atoms with Crippen molar-refractivity contribution in [2.45, 2.75) is 65.1 Å². The number of aromatic nitrogens is 3. The van der Waals surface area contributed by atoms with Crippen molar-refractivity contribution in [1.82, 2.24) is 14.3 Å². The Bertz CT molecular complexity index is 870. The Morgan fingerprint density at radius 3 is 2.46 bits per heavy atom. The van der Waals surface area contributed by atoms with E-state index in [-0.39, 0.29) is 17.7 Å². The molecule has 0 saturated heterocycles. The van der Waals surface area contributed by atoms with Crippen molar-refractivity contribution in [1.29, 1.82) is 0 Å². The highest BCUT2D eigenvalue weighted by molar-refractivity contribution is 5.31. The predicted molar refractivity (Wildman–Crippen MR) is 102 cm³/mol. The van der Waals surface area contributed by atoms with Gasteiger partial charge in [-0.3, -0.25) is 4.57 Å². The van der Waals surface area contributed by atoms with Crippen LogP contribution in [0.3, 0.4) is 0 Å². The highest BCUT2D eigenvalue weighted by atomic mass is 19.4. The number of hydrogen-bond acceptors (Lipinski definition) is 2. The average molecular weight is 395 g/mol. The molecule has 7 heteroatoms. The number of benzene rings is 1. The second kappa shape index (κ2) is 7.76. The van der Waals surface area contributed by atoms with Gasteiger partial charge in [0, 0.05) is 20.0 Å². The SMILES string of the molecule is Cn1nc(Cc2ccccc2C(F)(F)F)n(CCC2CCC(C)(C)CC2)c1=O. The molecule has 1 aliphatic rings. The number of hydrogen-bond donors (Lipinski definition) is 0. The van der Waals surface area contributed by atoms with Crippen LogP contribution in [0.15, 0.2) is 29.1 Å². The van der Waals surface area contributed by atoms with Crippen molar-refractivity contribution in [3.8, 4) is 0 Å². The zero-order valence-corrected chi connectivity index (χ0v) is 16.7. The van der Waals surface area contributed by atoms with Gasteiger partial charge in [0.25, 0.3) is 0 Å². The molecule has 0 spiro atoms. The minimum Gasteiger partial charge on any atom is -0.279 e. The van der Waals surface area contributed by atoms with E-state index in [1.165, 1.54) is 29.7 Å². The summed E-state index contributed by atoms with van der Waals surface area (Å²) >= 11 is 0. The third-order valence-corrected chi connectivity index (χ3v) is 5.98. The second-order valence-electron chi connectivity index (χ2n) is 8.70. The van der Waals surface area contributed by atoms with Crippen LogP contribution in [0.5, 0.6) is 0 Å². The summed E-state index contributed by atoms with van der Waals surface area (Å²) in [6, 6.07) is 5.49. The molecule has 0 amide bonds. The number of aryl methyl sites for hydroxylation is 1. The summed E-state index contributed by atoms with van der Waals surface area (Å²) in [5, 5.41) is 4.22. The number of nitrogens with zero attached hydrogens (tertiary/aromatic N) is 3. The molecule has 154 valence electrons. The van der Waals surface area contributed by atoms with Gasteiger partial charge in [0.15, 0.2) is 0 Å². The largest absolute Gasteiger partial charge is 0.416 e. The maximum Gasteiger partial charge on any atom is 0.416 e. The van der Waals surface area contributed by atoms with Gasteiger partial charge in [-0.15, -0.1) is 0 Å². The molecular formula is C21H28F3N3O. The van der Waals surface area contributed by atoms with Gasteiger partial charge in [-0.25, -0.2) is 9.48 Å². The molecule has 3 rings (SSSR count). The fraction of sp³-hybridized carbons (Fsp3) is 0.619. The number of halogens is 3. The lowest BCUT2D eigenvalue weighted by Crippen LogP contribution is -2.26. The van der Waals surface area contributed by atoms with Gasteiger partial charge < -0.3 is 0 Å². The van der Waals surface area contributed by atoms with E-state index >= 15 is 0 Å². The van der Waals surface area contributed by atoms with Crippen molar-refractivity contribution in [2.24, 2.45) is 18.4 Å². The van der Waals surface area contributed by atoms with Crippen molar-refractivity contribution >= 4 is 0 Å². The first-order valence-electron chi connectivity index (χ1n) is 9.85. The summed E-state index contributed by atoms with van der Waals surface area (Å²) in [7, 11) is 1.54. The van der Waals surface area contributed by atoms with Crippen LogP contribution >= 0.6 is 0 Å². The van der Waals surface area contributed by atoms with Gasteiger partial charge >= 0.3 is 11.9 Å². The van der Waals surface area contributed by atoms with E-state index in [4.69, 9.17) is 0 Å². The first-order valence-corrected chi connectivity index (χ1v) is 9.85. The van der Waals surface area contributed by atoms with Crippen LogP contribution in [0.4, 0.5) is 13.2 Å². The zero-order chi connectivity index (χ0) is 20.5. The second-order valence-corrected chi connectivity index (χ2v) is 8.70. The highest BCUT2D eigenvalue weighted by Gasteiger charge is 2.33. The lowest BCUT2D eigenvalue weighted by molar-refractivity contribution is -0.138. The maximum absolute atomic E-state index is 13.3. The molecule has 1 aromatic carbocycles. The quantitative estimate of drug-likeness (QED) is 0.730. The minimum absolute atomic E-state index is 0.0105. The predicted octanol–water partition coefficient (Wildman–Crippen LogP) is 4.80. The van der Waals surface area contributed by atoms with Crippen molar-refractivity contribution < 1.29 is 13.2 Å². The van der Waals surface area contributed by atoms with Gasteiger partial charge in [-0.2, -0.15) is 18.3 Å². The summed E-state index contributed by atoms with van der Waals surface area (Å²) in [6.07, 6.45) is 1.03. The molecular weight excluding hydrogens is 367 g/mol. The molecule has 2 aromatic rings. The molecule has 1 heterocycles. The topological polar surface area (TPSA) is 39.8 Å². The first kappa shape index (κ1) is 20.7.